The maximum atomic E-state index is 12.0. The van der Waals surface area contributed by atoms with Crippen LogP contribution in [0.2, 0.25) is 5.02 Å². The molecule has 0 aliphatic heterocycles. The average molecular weight is 328 g/mol. The van der Waals surface area contributed by atoms with Gasteiger partial charge >= 0.3 is 0 Å². The van der Waals surface area contributed by atoms with E-state index in [4.69, 9.17) is 16.3 Å². The first-order valence-corrected chi connectivity index (χ1v) is 8.90. The molecule has 0 radical (unpaired) electrons. The Morgan fingerprint density at radius 1 is 1.43 bits per heavy atom. The summed E-state index contributed by atoms with van der Waals surface area (Å²) < 4.78 is 5.59. The smallest absolute Gasteiger partial charge is 0.260 e. The Labute approximate surface area is 135 Å². The Morgan fingerprint density at radius 3 is 2.86 bits per heavy atom. The van der Waals surface area contributed by atoms with Gasteiger partial charge in [-0.3, -0.25) is 4.79 Å². The van der Waals surface area contributed by atoms with Gasteiger partial charge in [0.05, 0.1) is 5.02 Å². The van der Waals surface area contributed by atoms with E-state index in [0.717, 1.165) is 11.0 Å². The highest BCUT2D eigenvalue weighted by atomic mass is 35.5. The highest BCUT2D eigenvalue weighted by molar-refractivity contribution is 7.99. The molecule has 21 heavy (non-hydrogen) atoms. The van der Waals surface area contributed by atoms with E-state index >= 15 is 0 Å². The summed E-state index contributed by atoms with van der Waals surface area (Å²) in [6.45, 7) is 2.43. The summed E-state index contributed by atoms with van der Waals surface area (Å²) in [6.07, 6.45) is 4.82. The van der Waals surface area contributed by atoms with Gasteiger partial charge in [-0.05, 0) is 31.9 Å². The summed E-state index contributed by atoms with van der Waals surface area (Å²) in [4.78, 5) is 12.0. The maximum absolute atomic E-state index is 12.0. The van der Waals surface area contributed by atoms with Crippen molar-refractivity contribution in [2.24, 2.45) is 0 Å². The van der Waals surface area contributed by atoms with Gasteiger partial charge in [0.2, 0.25) is 0 Å². The minimum Gasteiger partial charge on any atom is -0.479 e. The van der Waals surface area contributed by atoms with Gasteiger partial charge < -0.3 is 10.1 Å². The lowest BCUT2D eigenvalue weighted by Crippen LogP contribution is -2.37. The van der Waals surface area contributed by atoms with E-state index in [1.165, 1.54) is 25.7 Å². The zero-order valence-corrected chi connectivity index (χ0v) is 13.9. The third kappa shape index (κ3) is 5.44. The number of ether oxygens (including phenoxy) is 1. The van der Waals surface area contributed by atoms with Crippen LogP contribution < -0.4 is 10.1 Å². The molecule has 1 aliphatic carbocycles. The van der Waals surface area contributed by atoms with E-state index in [9.17, 15) is 4.79 Å². The second kappa shape index (κ2) is 8.54. The fraction of sp³-hybridized carbons (Fsp3) is 0.562. The molecule has 0 saturated heterocycles. The zero-order chi connectivity index (χ0) is 15.1. The van der Waals surface area contributed by atoms with Crippen molar-refractivity contribution in [2.45, 2.75) is 44.0 Å². The molecule has 1 atom stereocenters. The highest BCUT2D eigenvalue weighted by Crippen LogP contribution is 2.29. The third-order valence-electron chi connectivity index (χ3n) is 3.57. The minimum atomic E-state index is -0.540. The van der Waals surface area contributed by atoms with E-state index in [1.54, 1.807) is 19.1 Å². The van der Waals surface area contributed by atoms with Crippen molar-refractivity contribution < 1.29 is 9.53 Å². The van der Waals surface area contributed by atoms with Crippen LogP contribution in [0.25, 0.3) is 0 Å². The van der Waals surface area contributed by atoms with Crippen molar-refractivity contribution in [1.82, 2.24) is 5.32 Å². The lowest BCUT2D eigenvalue weighted by molar-refractivity contribution is -0.127. The van der Waals surface area contributed by atoms with Crippen molar-refractivity contribution in [2.75, 3.05) is 12.3 Å². The van der Waals surface area contributed by atoms with Crippen molar-refractivity contribution in [3.05, 3.63) is 29.3 Å². The lowest BCUT2D eigenvalue weighted by Gasteiger charge is -2.16. The van der Waals surface area contributed by atoms with Crippen LogP contribution in [0, 0.1) is 0 Å². The first kappa shape index (κ1) is 16.5. The molecule has 0 aromatic heterocycles. The number of para-hydroxylation sites is 1. The molecule has 2 rings (SSSR count). The molecule has 5 heteroatoms. The second-order valence-electron chi connectivity index (χ2n) is 5.26. The Hall–Kier alpha value is -0.870. The van der Waals surface area contributed by atoms with Gasteiger partial charge in [-0.1, -0.05) is 36.6 Å². The van der Waals surface area contributed by atoms with Crippen molar-refractivity contribution in [3.8, 4) is 5.75 Å². The summed E-state index contributed by atoms with van der Waals surface area (Å²) in [5, 5.41) is 4.23. The van der Waals surface area contributed by atoms with Gasteiger partial charge in [-0.2, -0.15) is 11.8 Å². The normalized spacial score (nSPS) is 16.7. The molecule has 0 spiro atoms. The summed E-state index contributed by atoms with van der Waals surface area (Å²) >= 11 is 7.98. The summed E-state index contributed by atoms with van der Waals surface area (Å²) in [5.41, 5.74) is 0. The number of carbonyl (C=O) groups is 1. The predicted molar refractivity (Wildman–Crippen MR) is 89.3 cm³/mol. The molecule has 0 bridgehead atoms. The van der Waals surface area contributed by atoms with Crippen LogP contribution in [0.4, 0.5) is 0 Å². The maximum Gasteiger partial charge on any atom is 0.260 e. The van der Waals surface area contributed by atoms with Crippen LogP contribution in [-0.4, -0.2) is 29.6 Å². The molecule has 1 N–H and O–H groups in total. The second-order valence-corrected chi connectivity index (χ2v) is 7.07. The summed E-state index contributed by atoms with van der Waals surface area (Å²) in [5.74, 6) is 1.42. The number of hydrogen-bond donors (Lipinski definition) is 1. The SMILES string of the molecule is CC(Oc1ccccc1Cl)C(=O)NCCSC1CCCC1. The van der Waals surface area contributed by atoms with E-state index in [1.807, 2.05) is 23.9 Å². The van der Waals surface area contributed by atoms with Gasteiger partial charge in [-0.15, -0.1) is 0 Å². The van der Waals surface area contributed by atoms with Gasteiger partial charge in [-0.25, -0.2) is 0 Å². The quantitative estimate of drug-likeness (QED) is 0.772. The highest BCUT2D eigenvalue weighted by Gasteiger charge is 2.17. The largest absolute Gasteiger partial charge is 0.479 e. The number of nitrogens with one attached hydrogen (secondary N) is 1. The van der Waals surface area contributed by atoms with Crippen LogP contribution in [0.15, 0.2) is 24.3 Å². The molecule has 1 aliphatic rings. The summed E-state index contributed by atoms with van der Waals surface area (Å²) in [6, 6.07) is 7.19. The van der Waals surface area contributed by atoms with E-state index in [-0.39, 0.29) is 5.91 Å². The van der Waals surface area contributed by atoms with E-state index in [2.05, 4.69) is 5.32 Å². The number of benzene rings is 1. The zero-order valence-electron chi connectivity index (χ0n) is 12.3. The van der Waals surface area contributed by atoms with Crippen LogP contribution in [0.3, 0.4) is 0 Å². The van der Waals surface area contributed by atoms with Crippen LogP contribution in [-0.2, 0) is 4.79 Å². The molecule has 0 heterocycles. The minimum absolute atomic E-state index is 0.0954. The van der Waals surface area contributed by atoms with Gasteiger partial charge in [0.25, 0.3) is 5.91 Å². The molecule has 1 unspecified atom stereocenters. The number of amides is 1. The average Bonchev–Trinajstić information content (AvgIpc) is 2.99. The molecule has 1 aromatic rings. The van der Waals surface area contributed by atoms with Crippen LogP contribution in [0.5, 0.6) is 5.75 Å². The Bertz CT molecular complexity index is 463. The molecule has 3 nitrogen and oxygen atoms in total. The number of rotatable bonds is 7. The number of halogens is 1. The molecule has 1 fully saturated rings. The van der Waals surface area contributed by atoms with Crippen LogP contribution in [0.1, 0.15) is 32.6 Å². The Balaban J connectivity index is 1.66. The van der Waals surface area contributed by atoms with Crippen molar-refractivity contribution >= 4 is 29.3 Å². The Morgan fingerprint density at radius 2 is 2.14 bits per heavy atom. The fourth-order valence-electron chi connectivity index (χ4n) is 2.38. The van der Waals surface area contributed by atoms with Crippen LogP contribution >= 0.6 is 23.4 Å². The fourth-order valence-corrected chi connectivity index (χ4v) is 3.78. The molecule has 1 amide bonds. The first-order chi connectivity index (χ1) is 10.2. The predicted octanol–water partition coefficient (Wildman–Crippen LogP) is 3.90. The van der Waals surface area contributed by atoms with Crippen molar-refractivity contribution in [1.29, 1.82) is 0 Å². The number of carbonyl (C=O) groups excluding carboxylic acids is 1. The molecule has 116 valence electrons. The van der Waals surface area contributed by atoms with Gasteiger partial charge in [0, 0.05) is 17.5 Å². The first-order valence-electron chi connectivity index (χ1n) is 7.47. The molecular weight excluding hydrogens is 306 g/mol. The van der Waals surface area contributed by atoms with E-state index < -0.39 is 6.10 Å². The lowest BCUT2D eigenvalue weighted by atomic mass is 10.3. The summed E-state index contributed by atoms with van der Waals surface area (Å²) in [7, 11) is 0. The standard InChI is InChI=1S/C16H22ClNO2S/c1-12(20-15-9-5-4-8-14(15)17)16(19)18-10-11-21-13-6-2-3-7-13/h4-5,8-9,12-13H,2-3,6-7,10-11H2,1H3,(H,18,19). The number of hydrogen-bond acceptors (Lipinski definition) is 3. The topological polar surface area (TPSA) is 38.3 Å². The van der Waals surface area contributed by atoms with Gasteiger partial charge in [0.15, 0.2) is 6.10 Å². The monoisotopic (exact) mass is 327 g/mol. The molecule has 1 aromatic carbocycles. The molecule has 1 saturated carbocycles. The molecular formula is C16H22ClNO2S. The van der Waals surface area contributed by atoms with Gasteiger partial charge in [0.1, 0.15) is 5.75 Å². The number of thioether (sulfide) groups is 1. The van der Waals surface area contributed by atoms with Crippen molar-refractivity contribution in [3.63, 3.8) is 0 Å². The third-order valence-corrected chi connectivity index (χ3v) is 5.26. The van der Waals surface area contributed by atoms with E-state index in [0.29, 0.717) is 17.3 Å². The Kier molecular flexibility index (Phi) is 6.71.